The van der Waals surface area contributed by atoms with Gasteiger partial charge in [0.1, 0.15) is 11.4 Å². The Kier molecular flexibility index (Phi) is 2.59. The van der Waals surface area contributed by atoms with E-state index in [0.717, 1.165) is 5.56 Å². The van der Waals surface area contributed by atoms with Crippen LogP contribution in [0.15, 0.2) is 18.2 Å². The molecule has 1 aromatic carbocycles. The first-order chi connectivity index (χ1) is 5.97. The van der Waals surface area contributed by atoms with Gasteiger partial charge >= 0.3 is 0 Å². The summed E-state index contributed by atoms with van der Waals surface area (Å²) >= 11 is 0. The van der Waals surface area contributed by atoms with Gasteiger partial charge in [-0.2, -0.15) is 0 Å². The van der Waals surface area contributed by atoms with E-state index in [9.17, 15) is 5.11 Å². The number of benzene rings is 1. The lowest BCUT2D eigenvalue weighted by Gasteiger charge is -2.23. The van der Waals surface area contributed by atoms with Gasteiger partial charge in [0.05, 0.1) is 0 Å². The molecule has 0 aliphatic heterocycles. The maximum atomic E-state index is 9.57. The first-order valence-corrected chi connectivity index (χ1v) is 4.15. The molecule has 0 aliphatic rings. The number of hydrogen-bond acceptors (Lipinski definition) is 3. The third kappa shape index (κ3) is 1.99. The molecule has 0 saturated carbocycles. The third-order valence-corrected chi connectivity index (χ3v) is 2.10. The Morgan fingerprint density at radius 3 is 2.54 bits per heavy atom. The topological polar surface area (TPSA) is 55.5 Å². The fourth-order valence-electron chi connectivity index (χ4n) is 1.20. The van der Waals surface area contributed by atoms with Crippen LogP contribution in [0, 0.1) is 6.92 Å². The molecule has 0 saturated heterocycles. The first kappa shape index (κ1) is 10.0. The van der Waals surface area contributed by atoms with Gasteiger partial charge < -0.3 is 5.11 Å². The predicted molar refractivity (Wildman–Crippen MR) is 51.1 cm³/mol. The van der Waals surface area contributed by atoms with E-state index in [1.807, 2.05) is 32.9 Å². The summed E-state index contributed by atoms with van der Waals surface area (Å²) in [6, 6.07) is 5.35. The van der Waals surface area contributed by atoms with Crippen molar-refractivity contribution in [2.24, 2.45) is 5.90 Å². The molecule has 0 atom stereocenters. The standard InChI is InChI=1S/C10H15NO2/c1-7-4-5-9(12)8(6-7)10(2,3)13-11/h4-6,12H,11H2,1-3H3. The molecule has 0 heterocycles. The normalized spacial score (nSPS) is 11.7. The second-order valence-electron chi connectivity index (χ2n) is 3.65. The summed E-state index contributed by atoms with van der Waals surface area (Å²) in [6.45, 7) is 5.57. The molecule has 0 bridgehead atoms. The van der Waals surface area contributed by atoms with Gasteiger partial charge in [0, 0.05) is 5.56 Å². The highest BCUT2D eigenvalue weighted by atomic mass is 16.6. The Morgan fingerprint density at radius 2 is 2.00 bits per heavy atom. The SMILES string of the molecule is Cc1ccc(O)c(C(C)(C)ON)c1. The van der Waals surface area contributed by atoms with Gasteiger partial charge in [0.15, 0.2) is 0 Å². The Bertz CT molecular complexity index is 308. The lowest BCUT2D eigenvalue weighted by Crippen LogP contribution is -2.25. The molecule has 1 aromatic rings. The Morgan fingerprint density at radius 1 is 1.38 bits per heavy atom. The molecule has 3 heteroatoms. The zero-order valence-corrected chi connectivity index (χ0v) is 8.16. The van der Waals surface area contributed by atoms with Crippen molar-refractivity contribution in [3.8, 4) is 5.75 Å². The molecule has 0 fully saturated rings. The summed E-state index contributed by atoms with van der Waals surface area (Å²) in [5.74, 6) is 5.36. The van der Waals surface area contributed by atoms with Crippen LogP contribution < -0.4 is 5.90 Å². The maximum absolute atomic E-state index is 9.57. The van der Waals surface area contributed by atoms with Crippen molar-refractivity contribution in [2.75, 3.05) is 0 Å². The molecule has 1 rings (SSSR count). The Balaban J connectivity index is 3.20. The molecule has 3 N–H and O–H groups in total. The van der Waals surface area contributed by atoms with Crippen LogP contribution in [0.3, 0.4) is 0 Å². The van der Waals surface area contributed by atoms with Gasteiger partial charge in [-0.15, -0.1) is 0 Å². The molecule has 0 radical (unpaired) electrons. The van der Waals surface area contributed by atoms with E-state index in [4.69, 9.17) is 10.7 Å². The number of phenolic OH excluding ortho intramolecular Hbond substituents is 1. The second-order valence-corrected chi connectivity index (χ2v) is 3.65. The summed E-state index contributed by atoms with van der Waals surface area (Å²) in [6.07, 6.45) is 0. The van der Waals surface area contributed by atoms with E-state index in [-0.39, 0.29) is 5.75 Å². The minimum Gasteiger partial charge on any atom is -0.508 e. The molecule has 0 aromatic heterocycles. The minimum atomic E-state index is -0.657. The van der Waals surface area contributed by atoms with E-state index in [0.29, 0.717) is 5.56 Å². The zero-order chi connectivity index (χ0) is 10.1. The maximum Gasteiger partial charge on any atom is 0.121 e. The molecule has 3 nitrogen and oxygen atoms in total. The Labute approximate surface area is 78.1 Å². The van der Waals surface area contributed by atoms with Crippen LogP contribution in [-0.2, 0) is 10.4 Å². The van der Waals surface area contributed by atoms with E-state index in [1.165, 1.54) is 0 Å². The molecule has 13 heavy (non-hydrogen) atoms. The van der Waals surface area contributed by atoms with Crippen molar-refractivity contribution in [2.45, 2.75) is 26.4 Å². The molecular weight excluding hydrogens is 166 g/mol. The summed E-state index contributed by atoms with van der Waals surface area (Å²) in [5, 5.41) is 9.57. The number of hydrogen-bond donors (Lipinski definition) is 2. The summed E-state index contributed by atoms with van der Waals surface area (Å²) in [4.78, 5) is 4.80. The highest BCUT2D eigenvalue weighted by Crippen LogP contribution is 2.31. The zero-order valence-electron chi connectivity index (χ0n) is 8.16. The molecule has 0 unspecified atom stereocenters. The summed E-state index contributed by atoms with van der Waals surface area (Å²) < 4.78 is 0. The van der Waals surface area contributed by atoms with Crippen LogP contribution in [0.4, 0.5) is 0 Å². The smallest absolute Gasteiger partial charge is 0.121 e. The van der Waals surface area contributed by atoms with Crippen molar-refractivity contribution in [1.82, 2.24) is 0 Å². The second kappa shape index (κ2) is 3.36. The van der Waals surface area contributed by atoms with Crippen molar-refractivity contribution >= 4 is 0 Å². The van der Waals surface area contributed by atoms with E-state index < -0.39 is 5.60 Å². The van der Waals surface area contributed by atoms with Gasteiger partial charge in [0.25, 0.3) is 0 Å². The fraction of sp³-hybridized carbons (Fsp3) is 0.400. The van der Waals surface area contributed by atoms with Crippen LogP contribution in [0.2, 0.25) is 0 Å². The van der Waals surface area contributed by atoms with Gasteiger partial charge in [-0.25, -0.2) is 5.90 Å². The molecule has 0 spiro atoms. The lowest BCUT2D eigenvalue weighted by atomic mass is 9.96. The quantitative estimate of drug-likeness (QED) is 0.684. The number of aryl methyl sites for hydroxylation is 1. The van der Waals surface area contributed by atoms with E-state index in [1.54, 1.807) is 6.07 Å². The monoisotopic (exact) mass is 181 g/mol. The van der Waals surface area contributed by atoms with Crippen molar-refractivity contribution in [3.05, 3.63) is 29.3 Å². The number of aromatic hydroxyl groups is 1. The average Bonchev–Trinajstić information content (AvgIpc) is 2.09. The van der Waals surface area contributed by atoms with Gasteiger partial charge in [-0.3, -0.25) is 4.84 Å². The van der Waals surface area contributed by atoms with Gasteiger partial charge in [-0.05, 0) is 32.9 Å². The van der Waals surface area contributed by atoms with Crippen LogP contribution in [0.5, 0.6) is 5.75 Å². The molecular formula is C10H15NO2. The molecule has 72 valence electrons. The van der Waals surface area contributed by atoms with Crippen molar-refractivity contribution in [1.29, 1.82) is 0 Å². The average molecular weight is 181 g/mol. The molecule has 0 aliphatic carbocycles. The van der Waals surface area contributed by atoms with Crippen LogP contribution in [0.25, 0.3) is 0 Å². The fourth-order valence-corrected chi connectivity index (χ4v) is 1.20. The number of phenols is 1. The Hall–Kier alpha value is -1.06. The third-order valence-electron chi connectivity index (χ3n) is 2.10. The first-order valence-electron chi connectivity index (χ1n) is 4.15. The highest BCUT2D eigenvalue weighted by molar-refractivity contribution is 5.39. The number of nitrogens with two attached hydrogens (primary N) is 1. The van der Waals surface area contributed by atoms with Crippen LogP contribution in [0.1, 0.15) is 25.0 Å². The van der Waals surface area contributed by atoms with Gasteiger partial charge in [-0.1, -0.05) is 11.6 Å². The summed E-state index contributed by atoms with van der Waals surface area (Å²) in [7, 11) is 0. The molecule has 0 amide bonds. The highest BCUT2D eigenvalue weighted by Gasteiger charge is 2.23. The van der Waals surface area contributed by atoms with Crippen LogP contribution >= 0.6 is 0 Å². The van der Waals surface area contributed by atoms with E-state index in [2.05, 4.69) is 0 Å². The minimum absolute atomic E-state index is 0.209. The van der Waals surface area contributed by atoms with Gasteiger partial charge in [0.2, 0.25) is 0 Å². The van der Waals surface area contributed by atoms with Crippen molar-refractivity contribution < 1.29 is 9.94 Å². The summed E-state index contributed by atoms with van der Waals surface area (Å²) in [5.41, 5.74) is 1.11. The predicted octanol–water partition coefficient (Wildman–Crippen LogP) is 1.83. The van der Waals surface area contributed by atoms with E-state index >= 15 is 0 Å². The lowest BCUT2D eigenvalue weighted by molar-refractivity contribution is -0.0250. The van der Waals surface area contributed by atoms with Crippen LogP contribution in [-0.4, -0.2) is 5.11 Å². The largest absolute Gasteiger partial charge is 0.508 e. The number of rotatable bonds is 2. The van der Waals surface area contributed by atoms with Crippen molar-refractivity contribution in [3.63, 3.8) is 0 Å².